The number of morpholine rings is 1. The van der Waals surface area contributed by atoms with Crippen molar-refractivity contribution in [2.75, 3.05) is 19.7 Å². The summed E-state index contributed by atoms with van der Waals surface area (Å²) >= 11 is 1.68. The fourth-order valence-corrected chi connectivity index (χ4v) is 3.47. The molecule has 1 atom stereocenters. The Kier molecular flexibility index (Phi) is 3.44. The highest BCUT2D eigenvalue weighted by Gasteiger charge is 2.30. The highest BCUT2D eigenvalue weighted by Crippen LogP contribution is 2.34. The molecular weight excluding hydrogens is 288 g/mol. The second kappa shape index (κ2) is 5.43. The van der Waals surface area contributed by atoms with Gasteiger partial charge >= 0.3 is 0 Å². The molecule has 8 heteroatoms. The van der Waals surface area contributed by atoms with Crippen LogP contribution in [0.3, 0.4) is 0 Å². The zero-order chi connectivity index (χ0) is 14.2. The number of thiazole rings is 1. The Hall–Kier alpha value is -1.38. The van der Waals surface area contributed by atoms with Gasteiger partial charge in [-0.1, -0.05) is 0 Å². The van der Waals surface area contributed by atoms with Crippen LogP contribution in [0.2, 0.25) is 0 Å². The summed E-state index contributed by atoms with van der Waals surface area (Å²) in [5.41, 5.74) is 1.06. The van der Waals surface area contributed by atoms with Gasteiger partial charge in [0.25, 0.3) is 0 Å². The van der Waals surface area contributed by atoms with Gasteiger partial charge in [0.1, 0.15) is 11.1 Å². The number of ether oxygens (including phenoxy) is 1. The van der Waals surface area contributed by atoms with Crippen LogP contribution in [0, 0.1) is 6.92 Å². The number of hydrogen-bond donors (Lipinski definition) is 0. The average molecular weight is 306 g/mol. The van der Waals surface area contributed by atoms with E-state index in [0.717, 1.165) is 42.8 Å². The molecule has 1 aliphatic heterocycles. The van der Waals surface area contributed by atoms with Crippen molar-refractivity contribution < 1.29 is 4.74 Å². The number of aromatic nitrogens is 5. The van der Waals surface area contributed by atoms with E-state index < -0.39 is 0 Å². The number of aryl methyl sites for hydroxylation is 1. The fourth-order valence-electron chi connectivity index (χ4n) is 2.63. The summed E-state index contributed by atoms with van der Waals surface area (Å²) in [7, 11) is 0. The van der Waals surface area contributed by atoms with E-state index in [0.29, 0.717) is 6.04 Å². The van der Waals surface area contributed by atoms with Crippen LogP contribution in [-0.4, -0.2) is 49.8 Å². The lowest BCUT2D eigenvalue weighted by Gasteiger charge is -2.31. The van der Waals surface area contributed by atoms with Gasteiger partial charge in [0.15, 0.2) is 5.82 Å². The van der Waals surface area contributed by atoms with Crippen molar-refractivity contribution in [3.63, 3.8) is 0 Å². The molecule has 2 fully saturated rings. The van der Waals surface area contributed by atoms with Crippen molar-refractivity contribution in [1.82, 2.24) is 30.1 Å². The first-order valence-corrected chi connectivity index (χ1v) is 8.20. The minimum absolute atomic E-state index is 0.0719. The van der Waals surface area contributed by atoms with E-state index in [1.165, 1.54) is 12.8 Å². The Morgan fingerprint density at radius 1 is 1.43 bits per heavy atom. The Morgan fingerprint density at radius 3 is 3.10 bits per heavy atom. The van der Waals surface area contributed by atoms with E-state index in [9.17, 15) is 0 Å². The molecule has 0 N–H and O–H groups in total. The molecule has 1 aliphatic carbocycles. The van der Waals surface area contributed by atoms with Gasteiger partial charge in [-0.15, -0.1) is 16.4 Å². The van der Waals surface area contributed by atoms with Gasteiger partial charge in [-0.25, -0.2) is 9.67 Å². The van der Waals surface area contributed by atoms with Crippen LogP contribution in [0.4, 0.5) is 0 Å². The quantitative estimate of drug-likeness (QED) is 0.849. The molecule has 1 saturated carbocycles. The normalized spacial score (nSPS) is 23.6. The van der Waals surface area contributed by atoms with Crippen LogP contribution in [-0.2, 0) is 11.3 Å². The first-order chi connectivity index (χ1) is 10.3. The first-order valence-electron chi connectivity index (χ1n) is 7.32. The average Bonchev–Trinajstić information content (AvgIpc) is 3.08. The maximum atomic E-state index is 5.86. The predicted molar refractivity (Wildman–Crippen MR) is 76.9 cm³/mol. The van der Waals surface area contributed by atoms with Crippen molar-refractivity contribution in [2.45, 2.75) is 38.5 Å². The van der Waals surface area contributed by atoms with Gasteiger partial charge < -0.3 is 4.74 Å². The number of rotatable bonds is 4. The molecule has 0 amide bonds. The van der Waals surface area contributed by atoms with Crippen LogP contribution in [0.5, 0.6) is 0 Å². The highest BCUT2D eigenvalue weighted by atomic mass is 32.1. The summed E-state index contributed by atoms with van der Waals surface area (Å²) in [5.74, 6) is 0.966. The van der Waals surface area contributed by atoms with E-state index in [1.807, 2.05) is 11.6 Å². The summed E-state index contributed by atoms with van der Waals surface area (Å²) < 4.78 is 7.85. The van der Waals surface area contributed by atoms with Gasteiger partial charge in [0.05, 0.1) is 19.2 Å². The SMILES string of the molecule is Cc1csc([C@@H]2CN(Cc3nnnn3C3CC3)CCO2)n1. The molecule has 2 aromatic heterocycles. The van der Waals surface area contributed by atoms with Crippen LogP contribution < -0.4 is 0 Å². The van der Waals surface area contributed by atoms with Gasteiger partial charge in [0, 0.05) is 24.2 Å². The van der Waals surface area contributed by atoms with E-state index in [2.05, 4.69) is 30.8 Å². The smallest absolute Gasteiger partial charge is 0.165 e. The minimum atomic E-state index is 0.0719. The molecule has 2 aromatic rings. The molecule has 21 heavy (non-hydrogen) atoms. The van der Waals surface area contributed by atoms with E-state index in [-0.39, 0.29) is 6.10 Å². The molecule has 2 aliphatic rings. The maximum absolute atomic E-state index is 5.86. The Labute approximate surface area is 126 Å². The Bertz CT molecular complexity index is 622. The van der Waals surface area contributed by atoms with Crippen LogP contribution >= 0.6 is 11.3 Å². The van der Waals surface area contributed by atoms with Crippen LogP contribution in [0.15, 0.2) is 5.38 Å². The van der Waals surface area contributed by atoms with Gasteiger partial charge in [-0.3, -0.25) is 4.90 Å². The summed E-state index contributed by atoms with van der Waals surface area (Å²) in [5, 5.41) is 15.3. The third kappa shape index (κ3) is 2.83. The molecule has 0 aromatic carbocycles. The Balaban J connectivity index is 1.44. The fraction of sp³-hybridized carbons (Fsp3) is 0.692. The summed E-state index contributed by atoms with van der Waals surface area (Å²) in [6.45, 7) is 5.30. The first kappa shape index (κ1) is 13.3. The van der Waals surface area contributed by atoms with Crippen LogP contribution in [0.1, 0.15) is 41.5 Å². The molecule has 0 radical (unpaired) electrons. The second-order valence-electron chi connectivity index (χ2n) is 5.69. The molecule has 0 spiro atoms. The summed E-state index contributed by atoms with van der Waals surface area (Å²) in [4.78, 5) is 6.90. The van der Waals surface area contributed by atoms with Crippen molar-refractivity contribution in [2.24, 2.45) is 0 Å². The van der Waals surface area contributed by atoms with Gasteiger partial charge in [0.2, 0.25) is 0 Å². The Morgan fingerprint density at radius 2 is 2.33 bits per heavy atom. The van der Waals surface area contributed by atoms with Crippen molar-refractivity contribution in [3.05, 3.63) is 21.9 Å². The minimum Gasteiger partial charge on any atom is -0.368 e. The number of nitrogens with zero attached hydrogens (tertiary/aromatic N) is 6. The second-order valence-corrected chi connectivity index (χ2v) is 6.58. The molecule has 112 valence electrons. The van der Waals surface area contributed by atoms with Crippen molar-refractivity contribution >= 4 is 11.3 Å². The standard InChI is InChI=1S/C13H18N6OS/c1-9-8-21-13(14-9)11-6-18(4-5-20-11)7-12-15-16-17-19(12)10-2-3-10/h8,10-11H,2-7H2,1H3/t11-/m0/s1. The lowest BCUT2D eigenvalue weighted by Crippen LogP contribution is -2.38. The monoisotopic (exact) mass is 306 g/mol. The zero-order valence-corrected chi connectivity index (χ0v) is 12.8. The third-order valence-electron chi connectivity index (χ3n) is 3.88. The molecule has 0 unspecified atom stereocenters. The van der Waals surface area contributed by atoms with Crippen molar-refractivity contribution in [1.29, 1.82) is 0 Å². The molecule has 1 saturated heterocycles. The van der Waals surface area contributed by atoms with Gasteiger partial charge in [-0.2, -0.15) is 0 Å². The molecule has 7 nitrogen and oxygen atoms in total. The molecule has 0 bridgehead atoms. The van der Waals surface area contributed by atoms with Crippen LogP contribution in [0.25, 0.3) is 0 Å². The molecule has 3 heterocycles. The summed E-state index contributed by atoms with van der Waals surface area (Å²) in [6.07, 6.45) is 2.47. The van der Waals surface area contributed by atoms with E-state index in [4.69, 9.17) is 4.74 Å². The lowest BCUT2D eigenvalue weighted by molar-refractivity contribution is -0.0341. The van der Waals surface area contributed by atoms with Gasteiger partial charge in [-0.05, 0) is 30.2 Å². The topological polar surface area (TPSA) is 69.0 Å². The van der Waals surface area contributed by atoms with Crippen molar-refractivity contribution in [3.8, 4) is 0 Å². The third-order valence-corrected chi connectivity index (χ3v) is 4.94. The molecular formula is C13H18N6OS. The van der Waals surface area contributed by atoms with E-state index in [1.54, 1.807) is 11.3 Å². The van der Waals surface area contributed by atoms with E-state index >= 15 is 0 Å². The predicted octanol–water partition coefficient (Wildman–Crippen LogP) is 1.35. The number of hydrogen-bond acceptors (Lipinski definition) is 7. The summed E-state index contributed by atoms with van der Waals surface area (Å²) in [6, 6.07) is 0.522. The number of tetrazole rings is 1. The maximum Gasteiger partial charge on any atom is 0.165 e. The zero-order valence-electron chi connectivity index (χ0n) is 12.0. The lowest BCUT2D eigenvalue weighted by atomic mass is 10.2. The largest absolute Gasteiger partial charge is 0.368 e. The highest BCUT2D eigenvalue weighted by molar-refractivity contribution is 7.09. The molecule has 4 rings (SSSR count).